The number of para-hydroxylation sites is 1. The van der Waals surface area contributed by atoms with Crippen LogP contribution in [-0.4, -0.2) is 44.5 Å². The number of likely N-dealkylation sites (tertiary alicyclic amines) is 1. The van der Waals surface area contributed by atoms with E-state index in [1.54, 1.807) is 15.8 Å². The molecule has 3 rings (SSSR count). The van der Waals surface area contributed by atoms with Crippen LogP contribution in [0.4, 0.5) is 0 Å². The van der Waals surface area contributed by atoms with E-state index in [-0.39, 0.29) is 37.3 Å². The predicted molar refractivity (Wildman–Crippen MR) is 89.7 cm³/mol. The van der Waals surface area contributed by atoms with Crippen molar-refractivity contribution in [2.75, 3.05) is 13.1 Å². The molecule has 1 N–H and O–H groups in total. The van der Waals surface area contributed by atoms with Gasteiger partial charge < -0.3 is 10.0 Å². The highest BCUT2D eigenvalue weighted by molar-refractivity contribution is 5.93. The summed E-state index contributed by atoms with van der Waals surface area (Å²) in [6, 6.07) is 9.46. The summed E-state index contributed by atoms with van der Waals surface area (Å²) in [5, 5.41) is 9.02. The lowest BCUT2D eigenvalue weighted by molar-refractivity contribution is -0.141. The molecule has 1 aromatic heterocycles. The van der Waals surface area contributed by atoms with E-state index in [1.165, 1.54) is 6.20 Å². The van der Waals surface area contributed by atoms with Crippen LogP contribution in [0.25, 0.3) is 5.69 Å². The van der Waals surface area contributed by atoms with E-state index in [1.807, 2.05) is 30.3 Å². The van der Waals surface area contributed by atoms with Gasteiger partial charge in [-0.3, -0.25) is 14.2 Å². The quantitative estimate of drug-likeness (QED) is 0.913. The van der Waals surface area contributed by atoms with Gasteiger partial charge in [0.15, 0.2) is 0 Å². The third-order valence-electron chi connectivity index (χ3n) is 3.72. The summed E-state index contributed by atoms with van der Waals surface area (Å²) >= 11 is 0. The lowest BCUT2D eigenvalue weighted by Crippen LogP contribution is -2.31. The van der Waals surface area contributed by atoms with Crippen LogP contribution in [0.15, 0.2) is 42.9 Å². The van der Waals surface area contributed by atoms with Crippen molar-refractivity contribution in [3.05, 3.63) is 48.5 Å². The van der Waals surface area contributed by atoms with Crippen molar-refractivity contribution < 1.29 is 14.7 Å². The summed E-state index contributed by atoms with van der Waals surface area (Å²) in [5.74, 6) is -1.50. The zero-order valence-electron chi connectivity index (χ0n) is 12.2. The van der Waals surface area contributed by atoms with Gasteiger partial charge in [0.25, 0.3) is 5.91 Å². The molecule has 0 bridgehead atoms. The number of carboxylic acids is 1. The van der Waals surface area contributed by atoms with E-state index < -0.39 is 11.9 Å². The van der Waals surface area contributed by atoms with Crippen molar-refractivity contribution in [2.45, 2.75) is 6.42 Å². The van der Waals surface area contributed by atoms with E-state index in [2.05, 4.69) is 4.98 Å². The van der Waals surface area contributed by atoms with Gasteiger partial charge in [0.05, 0.1) is 18.4 Å². The Balaban J connectivity index is 0.00000132. The number of imidazole rings is 1. The van der Waals surface area contributed by atoms with E-state index in [0.29, 0.717) is 18.7 Å². The van der Waals surface area contributed by atoms with Gasteiger partial charge in [-0.2, -0.15) is 0 Å². The Morgan fingerprint density at radius 3 is 2.48 bits per heavy atom. The second-order valence-electron chi connectivity index (χ2n) is 5.06. The van der Waals surface area contributed by atoms with E-state index in [9.17, 15) is 9.59 Å². The van der Waals surface area contributed by atoms with E-state index in [4.69, 9.17) is 5.11 Å². The predicted octanol–water partition coefficient (Wildman–Crippen LogP) is 2.26. The molecule has 23 heavy (non-hydrogen) atoms. The summed E-state index contributed by atoms with van der Waals surface area (Å²) in [5.41, 5.74) is 1.31. The summed E-state index contributed by atoms with van der Waals surface area (Å²) in [6.07, 6.45) is 3.61. The van der Waals surface area contributed by atoms with Crippen LogP contribution < -0.4 is 0 Å². The number of hydrogen-bond acceptors (Lipinski definition) is 3. The minimum Gasteiger partial charge on any atom is -0.481 e. The maximum Gasteiger partial charge on any atom is 0.308 e. The summed E-state index contributed by atoms with van der Waals surface area (Å²) < 4.78 is 1.72. The average molecular weight is 358 g/mol. The molecule has 1 amide bonds. The Kier molecular flexibility index (Phi) is 6.60. The van der Waals surface area contributed by atoms with E-state index in [0.717, 1.165) is 5.69 Å². The van der Waals surface area contributed by atoms with Crippen LogP contribution in [0.2, 0.25) is 0 Å². The number of amides is 1. The molecule has 0 radical (unpaired) electrons. The molecule has 1 aliphatic heterocycles. The second-order valence-corrected chi connectivity index (χ2v) is 5.06. The number of carbonyl (C=O) groups is 2. The first-order chi connectivity index (χ1) is 10.2. The lowest BCUT2D eigenvalue weighted by Gasteiger charge is -2.16. The van der Waals surface area contributed by atoms with Gasteiger partial charge in [-0.1, -0.05) is 18.2 Å². The molecule has 1 aromatic carbocycles. The van der Waals surface area contributed by atoms with Crippen LogP contribution in [-0.2, 0) is 4.79 Å². The number of nitrogens with zero attached hydrogens (tertiary/aromatic N) is 3. The molecule has 0 spiro atoms. The highest BCUT2D eigenvalue weighted by Crippen LogP contribution is 2.20. The van der Waals surface area contributed by atoms with Gasteiger partial charge in [0.2, 0.25) is 0 Å². The topological polar surface area (TPSA) is 75.4 Å². The summed E-state index contributed by atoms with van der Waals surface area (Å²) in [4.78, 5) is 29.2. The Morgan fingerprint density at radius 2 is 1.87 bits per heavy atom. The monoisotopic (exact) mass is 357 g/mol. The number of carbonyl (C=O) groups excluding carboxylic acids is 1. The Bertz CT molecular complexity index is 676. The zero-order valence-corrected chi connectivity index (χ0v) is 13.8. The maximum atomic E-state index is 12.5. The van der Waals surface area contributed by atoms with Crippen molar-refractivity contribution in [3.63, 3.8) is 0 Å². The molecule has 2 aromatic rings. The largest absolute Gasteiger partial charge is 0.481 e. The number of aromatic nitrogens is 2. The maximum absolute atomic E-state index is 12.5. The molecule has 1 aliphatic rings. The van der Waals surface area contributed by atoms with E-state index >= 15 is 0 Å². The Morgan fingerprint density at radius 1 is 1.17 bits per heavy atom. The number of halogens is 2. The molecule has 1 atom stereocenters. The fraction of sp³-hybridized carbons (Fsp3) is 0.267. The normalized spacial score (nSPS) is 16.3. The molecule has 2 heterocycles. The van der Waals surface area contributed by atoms with Crippen LogP contribution in [0.5, 0.6) is 0 Å². The molecular weight excluding hydrogens is 341 g/mol. The van der Waals surface area contributed by atoms with Crippen LogP contribution in [0.1, 0.15) is 16.9 Å². The van der Waals surface area contributed by atoms with Crippen molar-refractivity contribution >= 4 is 36.7 Å². The Labute approximate surface area is 145 Å². The van der Waals surface area contributed by atoms with Crippen molar-refractivity contribution in [2.24, 2.45) is 5.92 Å². The van der Waals surface area contributed by atoms with Crippen LogP contribution in [0.3, 0.4) is 0 Å². The minimum absolute atomic E-state index is 0. The first-order valence-electron chi connectivity index (χ1n) is 6.76. The molecule has 0 saturated carbocycles. The standard InChI is InChI=1S/C15H15N3O3.2ClH/c19-14(17-7-6-11(9-17)15(20)21)13-8-16-10-18(13)12-4-2-1-3-5-12;;/h1-5,8,10-11H,6-7,9H2,(H,20,21);2*1H. The summed E-state index contributed by atoms with van der Waals surface area (Å²) in [6.45, 7) is 0.726. The first kappa shape index (κ1) is 19.0. The molecule has 8 heteroatoms. The lowest BCUT2D eigenvalue weighted by atomic mass is 10.1. The number of carboxylic acid groups (broad SMARTS) is 1. The SMILES string of the molecule is Cl.Cl.O=C(O)C1CCN(C(=O)c2cncn2-c2ccccc2)C1. The molecule has 124 valence electrons. The molecule has 6 nitrogen and oxygen atoms in total. The van der Waals surface area contributed by atoms with Gasteiger partial charge in [-0.25, -0.2) is 4.98 Å². The molecule has 1 fully saturated rings. The third kappa shape index (κ3) is 3.83. The number of aliphatic carboxylic acids is 1. The third-order valence-corrected chi connectivity index (χ3v) is 3.72. The average Bonchev–Trinajstić information content (AvgIpc) is 3.17. The number of benzene rings is 1. The van der Waals surface area contributed by atoms with Gasteiger partial charge in [-0.05, 0) is 18.6 Å². The minimum atomic E-state index is -0.845. The fourth-order valence-electron chi connectivity index (χ4n) is 2.56. The zero-order chi connectivity index (χ0) is 14.8. The molecule has 1 saturated heterocycles. The number of rotatable bonds is 3. The highest BCUT2D eigenvalue weighted by atomic mass is 35.5. The van der Waals surface area contributed by atoms with Crippen molar-refractivity contribution in [1.29, 1.82) is 0 Å². The Hall–Kier alpha value is -2.05. The molecule has 0 aliphatic carbocycles. The van der Waals surface area contributed by atoms with Gasteiger partial charge in [-0.15, -0.1) is 24.8 Å². The van der Waals surface area contributed by atoms with Gasteiger partial charge in [0, 0.05) is 18.8 Å². The van der Waals surface area contributed by atoms with Crippen molar-refractivity contribution in [1.82, 2.24) is 14.5 Å². The molecular formula is C15H17Cl2N3O3. The smallest absolute Gasteiger partial charge is 0.308 e. The highest BCUT2D eigenvalue weighted by Gasteiger charge is 2.32. The number of hydrogen-bond donors (Lipinski definition) is 1. The summed E-state index contributed by atoms with van der Waals surface area (Å²) in [7, 11) is 0. The second kappa shape index (κ2) is 7.99. The fourth-order valence-corrected chi connectivity index (χ4v) is 2.56. The van der Waals surface area contributed by atoms with Gasteiger partial charge >= 0.3 is 5.97 Å². The van der Waals surface area contributed by atoms with Crippen LogP contribution in [0, 0.1) is 5.92 Å². The first-order valence-corrected chi connectivity index (χ1v) is 6.76. The van der Waals surface area contributed by atoms with Crippen molar-refractivity contribution in [3.8, 4) is 5.69 Å². The molecule has 1 unspecified atom stereocenters. The van der Waals surface area contributed by atoms with Crippen LogP contribution >= 0.6 is 24.8 Å². The van der Waals surface area contributed by atoms with Gasteiger partial charge in [0.1, 0.15) is 5.69 Å².